The van der Waals surface area contributed by atoms with Crippen molar-refractivity contribution in [1.29, 1.82) is 0 Å². The Balaban J connectivity index is 1.61. The molecule has 2 amide bonds. The fourth-order valence-electron chi connectivity index (χ4n) is 3.38. The number of fused-ring (bicyclic) bond motifs is 1. The summed E-state index contributed by atoms with van der Waals surface area (Å²) in [6.45, 7) is 0.882. The van der Waals surface area contributed by atoms with Crippen molar-refractivity contribution in [3.8, 4) is 0 Å². The van der Waals surface area contributed by atoms with E-state index in [1.165, 1.54) is 23.9 Å². The molecule has 1 aromatic heterocycles. The predicted molar refractivity (Wildman–Crippen MR) is 128 cm³/mol. The number of nitrogens with one attached hydrogen (secondary N) is 1. The SMILES string of the molecule is NC(=O)CCCCCn1c(SCC(=O)NCCc2ccc(F)cc2)nc2ccccc2c1=O. The van der Waals surface area contributed by atoms with Crippen molar-refractivity contribution in [3.05, 3.63) is 70.3 Å². The van der Waals surface area contributed by atoms with E-state index in [1.807, 2.05) is 6.07 Å². The van der Waals surface area contributed by atoms with Crippen LogP contribution < -0.4 is 16.6 Å². The summed E-state index contributed by atoms with van der Waals surface area (Å²) in [4.78, 5) is 40.9. The van der Waals surface area contributed by atoms with Crippen molar-refractivity contribution in [3.63, 3.8) is 0 Å². The first-order valence-electron chi connectivity index (χ1n) is 10.9. The van der Waals surface area contributed by atoms with Crippen LogP contribution in [0.3, 0.4) is 0 Å². The van der Waals surface area contributed by atoms with E-state index in [1.54, 1.807) is 34.9 Å². The molecule has 0 spiro atoms. The summed E-state index contributed by atoms with van der Waals surface area (Å²) in [5.41, 5.74) is 6.56. The van der Waals surface area contributed by atoms with Crippen molar-refractivity contribution in [2.75, 3.05) is 12.3 Å². The number of unbranched alkanes of at least 4 members (excludes halogenated alkanes) is 2. The fourth-order valence-corrected chi connectivity index (χ4v) is 4.23. The summed E-state index contributed by atoms with van der Waals surface area (Å²) in [5, 5.41) is 3.86. The minimum Gasteiger partial charge on any atom is -0.370 e. The Kier molecular flexibility index (Phi) is 9.00. The van der Waals surface area contributed by atoms with Crippen molar-refractivity contribution >= 4 is 34.5 Å². The first-order chi connectivity index (χ1) is 15.9. The van der Waals surface area contributed by atoms with Gasteiger partial charge in [-0.25, -0.2) is 9.37 Å². The number of carbonyl (C=O) groups is 2. The lowest BCUT2D eigenvalue weighted by atomic mass is 10.1. The molecule has 0 aliphatic rings. The number of benzene rings is 2. The van der Waals surface area contributed by atoms with Crippen LogP contribution in [0, 0.1) is 5.82 Å². The van der Waals surface area contributed by atoms with Gasteiger partial charge in [0.25, 0.3) is 5.56 Å². The zero-order valence-electron chi connectivity index (χ0n) is 18.3. The minimum atomic E-state index is -0.332. The number of amides is 2. The highest BCUT2D eigenvalue weighted by Gasteiger charge is 2.13. The molecule has 0 unspecified atom stereocenters. The largest absolute Gasteiger partial charge is 0.370 e. The number of para-hydroxylation sites is 1. The number of hydrogen-bond acceptors (Lipinski definition) is 5. The lowest BCUT2D eigenvalue weighted by Crippen LogP contribution is -2.28. The summed E-state index contributed by atoms with van der Waals surface area (Å²) in [6, 6.07) is 13.3. The molecule has 3 N–H and O–H groups in total. The summed E-state index contributed by atoms with van der Waals surface area (Å²) < 4.78 is 14.6. The highest BCUT2D eigenvalue weighted by atomic mass is 32.2. The Bertz CT molecular complexity index is 1160. The molecular weight excluding hydrogens is 443 g/mol. The van der Waals surface area contributed by atoms with Gasteiger partial charge in [-0.1, -0.05) is 42.4 Å². The maximum Gasteiger partial charge on any atom is 0.262 e. The number of primary amides is 1. The molecule has 0 bridgehead atoms. The summed E-state index contributed by atoms with van der Waals surface area (Å²) in [7, 11) is 0. The predicted octanol–water partition coefficient (Wildman–Crippen LogP) is 3.03. The zero-order valence-corrected chi connectivity index (χ0v) is 19.1. The Morgan fingerprint density at radius 3 is 2.58 bits per heavy atom. The van der Waals surface area contributed by atoms with Gasteiger partial charge in [-0.3, -0.25) is 19.0 Å². The molecule has 0 saturated carbocycles. The second-order valence-electron chi connectivity index (χ2n) is 7.66. The van der Waals surface area contributed by atoms with Crippen LogP contribution in [0.15, 0.2) is 58.5 Å². The number of thioether (sulfide) groups is 1. The fraction of sp³-hybridized carbons (Fsp3) is 0.333. The molecule has 174 valence electrons. The van der Waals surface area contributed by atoms with Crippen molar-refractivity contribution in [2.45, 2.75) is 43.8 Å². The number of nitrogens with zero attached hydrogens (tertiary/aromatic N) is 2. The minimum absolute atomic E-state index is 0.121. The second kappa shape index (κ2) is 12.2. The number of nitrogens with two attached hydrogens (primary N) is 1. The van der Waals surface area contributed by atoms with E-state index in [2.05, 4.69) is 10.3 Å². The van der Waals surface area contributed by atoms with Crippen LogP contribution in [0.4, 0.5) is 4.39 Å². The Labute approximate surface area is 195 Å². The molecule has 3 rings (SSSR count). The summed E-state index contributed by atoms with van der Waals surface area (Å²) in [5.74, 6) is -0.671. The molecule has 3 aromatic rings. The van der Waals surface area contributed by atoms with Crippen LogP contribution in [0.2, 0.25) is 0 Å². The molecule has 0 atom stereocenters. The van der Waals surface area contributed by atoms with E-state index in [0.29, 0.717) is 54.8 Å². The van der Waals surface area contributed by atoms with Gasteiger partial charge in [-0.05, 0) is 49.1 Å². The quantitative estimate of drug-likeness (QED) is 0.240. The van der Waals surface area contributed by atoms with Crippen LogP contribution in [-0.2, 0) is 22.6 Å². The van der Waals surface area contributed by atoms with Crippen LogP contribution in [0.5, 0.6) is 0 Å². The molecule has 1 heterocycles. The highest BCUT2D eigenvalue weighted by molar-refractivity contribution is 7.99. The van der Waals surface area contributed by atoms with Gasteiger partial charge in [0.1, 0.15) is 5.82 Å². The Morgan fingerprint density at radius 2 is 1.82 bits per heavy atom. The van der Waals surface area contributed by atoms with E-state index in [-0.39, 0.29) is 28.9 Å². The Hall–Kier alpha value is -3.20. The molecule has 0 fully saturated rings. The molecule has 0 radical (unpaired) electrons. The standard InChI is InChI=1S/C24H27FN4O3S/c25-18-11-9-17(10-12-18)13-14-27-22(31)16-33-24-28-20-7-4-3-6-19(20)23(32)29(24)15-5-1-2-8-21(26)30/h3-4,6-7,9-12H,1-2,5,8,13-16H2,(H2,26,30)(H,27,31). The highest BCUT2D eigenvalue weighted by Crippen LogP contribution is 2.18. The summed E-state index contributed by atoms with van der Waals surface area (Å²) in [6.07, 6.45) is 3.05. The third kappa shape index (κ3) is 7.42. The molecule has 33 heavy (non-hydrogen) atoms. The van der Waals surface area contributed by atoms with Gasteiger partial charge in [-0.2, -0.15) is 0 Å². The monoisotopic (exact) mass is 470 g/mol. The van der Waals surface area contributed by atoms with E-state index < -0.39 is 0 Å². The topological polar surface area (TPSA) is 107 Å². The van der Waals surface area contributed by atoms with Gasteiger partial charge < -0.3 is 11.1 Å². The van der Waals surface area contributed by atoms with Crippen LogP contribution in [0.1, 0.15) is 31.2 Å². The molecule has 0 aliphatic carbocycles. The molecule has 2 aromatic carbocycles. The number of rotatable bonds is 12. The third-order valence-electron chi connectivity index (χ3n) is 5.11. The number of aromatic nitrogens is 2. The van der Waals surface area contributed by atoms with E-state index in [0.717, 1.165) is 12.0 Å². The number of hydrogen-bond donors (Lipinski definition) is 2. The summed E-state index contributed by atoms with van der Waals surface area (Å²) >= 11 is 1.22. The Morgan fingerprint density at radius 1 is 1.06 bits per heavy atom. The first-order valence-corrected chi connectivity index (χ1v) is 11.8. The zero-order chi connectivity index (χ0) is 23.6. The molecular formula is C24H27FN4O3S. The van der Waals surface area contributed by atoms with Gasteiger partial charge in [0, 0.05) is 19.5 Å². The average molecular weight is 471 g/mol. The molecule has 7 nitrogen and oxygen atoms in total. The smallest absolute Gasteiger partial charge is 0.262 e. The van der Waals surface area contributed by atoms with Gasteiger partial charge in [0.15, 0.2) is 5.16 Å². The van der Waals surface area contributed by atoms with Crippen LogP contribution in [0.25, 0.3) is 10.9 Å². The van der Waals surface area contributed by atoms with Gasteiger partial charge in [0.05, 0.1) is 16.7 Å². The number of carbonyl (C=O) groups excluding carboxylic acids is 2. The van der Waals surface area contributed by atoms with Gasteiger partial charge in [0.2, 0.25) is 11.8 Å². The molecule has 9 heteroatoms. The lowest BCUT2D eigenvalue weighted by molar-refractivity contribution is -0.119. The first kappa shape index (κ1) is 24.4. The normalized spacial score (nSPS) is 10.9. The van der Waals surface area contributed by atoms with Gasteiger partial charge in [-0.15, -0.1) is 0 Å². The van der Waals surface area contributed by atoms with Crippen molar-refractivity contribution in [1.82, 2.24) is 14.9 Å². The van der Waals surface area contributed by atoms with E-state index in [4.69, 9.17) is 5.73 Å². The third-order valence-corrected chi connectivity index (χ3v) is 6.09. The van der Waals surface area contributed by atoms with Crippen LogP contribution in [-0.4, -0.2) is 33.7 Å². The molecule has 0 saturated heterocycles. The van der Waals surface area contributed by atoms with E-state index >= 15 is 0 Å². The average Bonchev–Trinajstić information content (AvgIpc) is 2.80. The van der Waals surface area contributed by atoms with Crippen molar-refractivity contribution in [2.24, 2.45) is 5.73 Å². The maximum atomic E-state index is 13.0. The maximum absolute atomic E-state index is 13.0. The number of halogens is 1. The van der Waals surface area contributed by atoms with Crippen molar-refractivity contribution < 1.29 is 14.0 Å². The van der Waals surface area contributed by atoms with Gasteiger partial charge >= 0.3 is 0 Å². The second-order valence-corrected chi connectivity index (χ2v) is 8.60. The van der Waals surface area contributed by atoms with Crippen LogP contribution >= 0.6 is 11.8 Å². The van der Waals surface area contributed by atoms with E-state index in [9.17, 15) is 18.8 Å². The lowest BCUT2D eigenvalue weighted by Gasteiger charge is -2.13. The molecule has 0 aliphatic heterocycles.